The number of hydrogen-bond donors (Lipinski definition) is 4. The number of ketones is 3. The van der Waals surface area contributed by atoms with Gasteiger partial charge in [-0.2, -0.15) is 0 Å². The number of phenols is 1. The number of Topliss-reactive ketones (excluding diaryl/α,β-unsaturated/α-hetero) is 3. The molecular weight excluding hydrogens is 562 g/mol. The van der Waals surface area contributed by atoms with E-state index in [2.05, 4.69) is 5.32 Å². The van der Waals surface area contributed by atoms with Gasteiger partial charge >= 0.3 is 0 Å². The summed E-state index contributed by atoms with van der Waals surface area (Å²) in [6.45, 7) is 2.15. The number of methoxy groups -OCH3 is 1. The smallest absolute Gasteiger partial charge is 0.167 e. The lowest BCUT2D eigenvalue weighted by molar-refractivity contribution is -0.131. The van der Waals surface area contributed by atoms with Gasteiger partial charge in [-0.3, -0.25) is 14.4 Å². The second kappa shape index (κ2) is 16.3. The van der Waals surface area contributed by atoms with E-state index in [1.807, 2.05) is 54.6 Å². The van der Waals surface area contributed by atoms with Crippen LogP contribution in [-0.4, -0.2) is 58.5 Å². The molecule has 3 aromatic rings. The lowest BCUT2D eigenvalue weighted by atomic mass is 9.72. The molecule has 3 unspecified atom stereocenters. The van der Waals surface area contributed by atoms with Crippen LogP contribution in [0.5, 0.6) is 11.5 Å². The van der Waals surface area contributed by atoms with Gasteiger partial charge in [0.15, 0.2) is 5.78 Å². The molecule has 3 aromatic carbocycles. The lowest BCUT2D eigenvalue weighted by Crippen LogP contribution is -2.32. The van der Waals surface area contributed by atoms with Crippen LogP contribution >= 0.6 is 0 Å². The number of aliphatic hydroxyl groups is 2. The molecule has 0 saturated heterocycles. The predicted octanol–water partition coefficient (Wildman–Crippen LogP) is 4.32. The van der Waals surface area contributed by atoms with E-state index in [-0.39, 0.29) is 69.1 Å². The molecule has 0 bridgehead atoms. The van der Waals surface area contributed by atoms with E-state index in [0.717, 1.165) is 40.1 Å². The fourth-order valence-electron chi connectivity index (χ4n) is 6.19. The maximum absolute atomic E-state index is 13.3. The van der Waals surface area contributed by atoms with Crippen molar-refractivity contribution in [2.45, 2.75) is 52.1 Å². The van der Waals surface area contributed by atoms with Crippen molar-refractivity contribution >= 4 is 17.3 Å². The molecule has 0 heterocycles. The summed E-state index contributed by atoms with van der Waals surface area (Å²) in [7, 11) is 1.65. The molecule has 240 valence electrons. The summed E-state index contributed by atoms with van der Waals surface area (Å²) in [5.41, 5.74) is 5.17. The van der Waals surface area contributed by atoms with Crippen LogP contribution in [0.15, 0.2) is 60.7 Å². The predicted molar refractivity (Wildman–Crippen MR) is 172 cm³/mol. The summed E-state index contributed by atoms with van der Waals surface area (Å²) in [5.74, 6) is -1.28. The number of benzene rings is 3. The van der Waals surface area contributed by atoms with E-state index in [4.69, 9.17) is 4.74 Å². The van der Waals surface area contributed by atoms with Crippen molar-refractivity contribution in [3.8, 4) is 22.6 Å². The van der Waals surface area contributed by atoms with Crippen molar-refractivity contribution in [1.82, 2.24) is 5.32 Å². The number of carbonyl (C=O) groups excluding carboxylic acids is 3. The number of carbonyl (C=O) groups is 3. The van der Waals surface area contributed by atoms with Crippen LogP contribution in [0.3, 0.4) is 0 Å². The molecule has 44 heavy (non-hydrogen) atoms. The van der Waals surface area contributed by atoms with E-state index in [9.17, 15) is 29.7 Å². The monoisotopic (exact) mass is 609 g/mol. The van der Waals surface area contributed by atoms with E-state index in [1.165, 1.54) is 6.92 Å². The SMILES string of the molecule is COc1ccc(CNCc2ccc(-c3ccc(O)c4c3CC(CC(CCO)C(CO)C(=O)CC(C)=O)CC4=O)cc2)cc1.O.[HH].[HH]. The number of hydrogen-bond acceptors (Lipinski definition) is 8. The van der Waals surface area contributed by atoms with Crippen molar-refractivity contribution in [2.75, 3.05) is 20.3 Å². The molecule has 0 spiro atoms. The van der Waals surface area contributed by atoms with Crippen molar-refractivity contribution in [3.63, 3.8) is 0 Å². The third-order valence-corrected chi connectivity index (χ3v) is 8.36. The average Bonchev–Trinajstić information content (AvgIpc) is 2.98. The highest BCUT2D eigenvalue weighted by Crippen LogP contribution is 2.41. The first-order valence-corrected chi connectivity index (χ1v) is 14.8. The second-order valence-corrected chi connectivity index (χ2v) is 11.5. The van der Waals surface area contributed by atoms with E-state index in [1.54, 1.807) is 13.2 Å². The van der Waals surface area contributed by atoms with Gasteiger partial charge in [-0.1, -0.05) is 42.5 Å². The first-order valence-electron chi connectivity index (χ1n) is 14.8. The van der Waals surface area contributed by atoms with Gasteiger partial charge in [0.25, 0.3) is 0 Å². The van der Waals surface area contributed by atoms with Crippen LogP contribution in [0.4, 0.5) is 0 Å². The minimum Gasteiger partial charge on any atom is -0.507 e. The Morgan fingerprint density at radius 2 is 1.61 bits per heavy atom. The molecule has 3 atom stereocenters. The summed E-state index contributed by atoms with van der Waals surface area (Å²) in [5, 5.41) is 33.8. The maximum atomic E-state index is 13.3. The second-order valence-electron chi connectivity index (χ2n) is 11.5. The summed E-state index contributed by atoms with van der Waals surface area (Å²) < 4.78 is 5.21. The van der Waals surface area contributed by atoms with Crippen LogP contribution in [-0.2, 0) is 29.1 Å². The highest BCUT2D eigenvalue weighted by molar-refractivity contribution is 6.03. The zero-order valence-corrected chi connectivity index (χ0v) is 25.3. The Hall–Kier alpha value is -3.89. The zero-order valence-electron chi connectivity index (χ0n) is 25.3. The van der Waals surface area contributed by atoms with Gasteiger partial charge in [-0.15, -0.1) is 0 Å². The zero-order chi connectivity index (χ0) is 30.9. The Labute approximate surface area is 261 Å². The van der Waals surface area contributed by atoms with Gasteiger partial charge < -0.3 is 30.8 Å². The maximum Gasteiger partial charge on any atom is 0.167 e. The van der Waals surface area contributed by atoms with Crippen LogP contribution in [0.1, 0.15) is 62.5 Å². The normalized spacial score (nSPS) is 15.5. The standard InChI is InChI=1S/C35H41NO7.H2O.2H2/c1-22(39)15-33(41)31(21-38)27(13-14-37)16-25-17-30-29(11-12-32(40)35(30)34(42)18-25)26-7-3-23(4-8-26)19-36-20-24-5-9-28(43-2)10-6-24;;;/h3-12,25,27,31,36-38,40H,13-21H2,1-2H3;1H2;2*1H. The van der Waals surface area contributed by atoms with E-state index in [0.29, 0.717) is 24.9 Å². The van der Waals surface area contributed by atoms with Gasteiger partial charge in [0.05, 0.1) is 25.7 Å². The average molecular weight is 610 g/mol. The minimum absolute atomic E-state index is 0. The van der Waals surface area contributed by atoms with Gasteiger partial charge in [0.1, 0.15) is 23.1 Å². The number of nitrogens with one attached hydrogen (secondary N) is 1. The summed E-state index contributed by atoms with van der Waals surface area (Å²) >= 11 is 0. The largest absolute Gasteiger partial charge is 0.507 e. The fraction of sp³-hybridized carbons (Fsp3) is 0.400. The molecule has 6 N–H and O–H groups in total. The molecule has 1 aliphatic rings. The highest BCUT2D eigenvalue weighted by atomic mass is 16.5. The van der Waals surface area contributed by atoms with Crippen LogP contribution in [0, 0.1) is 17.8 Å². The molecule has 4 rings (SSSR count). The summed E-state index contributed by atoms with van der Waals surface area (Å²) in [6, 6.07) is 19.4. The number of ether oxygens (including phenoxy) is 1. The van der Waals surface area contributed by atoms with Gasteiger partial charge in [0, 0.05) is 34.9 Å². The topological polar surface area (TPSA) is 165 Å². The number of rotatable bonds is 15. The number of aromatic hydroxyl groups is 1. The summed E-state index contributed by atoms with van der Waals surface area (Å²) in [4.78, 5) is 37.6. The molecule has 0 saturated carbocycles. The molecular formula is C35H47NO8. The third-order valence-electron chi connectivity index (χ3n) is 8.36. The Morgan fingerprint density at radius 3 is 2.18 bits per heavy atom. The molecule has 9 nitrogen and oxygen atoms in total. The number of fused-ring (bicyclic) bond motifs is 1. The summed E-state index contributed by atoms with van der Waals surface area (Å²) in [6.07, 6.45) is 1.17. The van der Waals surface area contributed by atoms with Crippen LogP contribution in [0.2, 0.25) is 0 Å². The fourth-order valence-corrected chi connectivity index (χ4v) is 6.19. The molecule has 0 amide bonds. The third kappa shape index (κ3) is 8.60. The van der Waals surface area contributed by atoms with Gasteiger partial charge in [-0.05, 0) is 84.0 Å². The van der Waals surface area contributed by atoms with Crippen molar-refractivity contribution in [1.29, 1.82) is 0 Å². The Balaban J connectivity index is 0.00000353. The molecule has 9 heteroatoms. The van der Waals surface area contributed by atoms with Gasteiger partial charge in [-0.25, -0.2) is 0 Å². The first-order chi connectivity index (χ1) is 20.7. The van der Waals surface area contributed by atoms with Crippen molar-refractivity contribution < 1.29 is 42.8 Å². The molecule has 0 radical (unpaired) electrons. The lowest BCUT2D eigenvalue weighted by Gasteiger charge is -2.31. The van der Waals surface area contributed by atoms with Crippen molar-refractivity contribution in [2.24, 2.45) is 17.8 Å². The number of aliphatic hydroxyl groups excluding tert-OH is 2. The van der Waals surface area contributed by atoms with Gasteiger partial charge in [0.2, 0.25) is 0 Å². The van der Waals surface area contributed by atoms with Crippen LogP contribution < -0.4 is 10.1 Å². The van der Waals surface area contributed by atoms with E-state index < -0.39 is 12.5 Å². The first kappa shape index (κ1) is 34.6. The quantitative estimate of drug-likeness (QED) is 0.185. The molecule has 1 aliphatic carbocycles. The Kier molecular flexibility index (Phi) is 12.8. The molecule has 0 aromatic heterocycles. The van der Waals surface area contributed by atoms with E-state index >= 15 is 0 Å². The number of phenolic OH excluding ortho intramolecular Hbond substituents is 1. The van der Waals surface area contributed by atoms with Crippen molar-refractivity contribution in [3.05, 3.63) is 82.9 Å². The van der Waals surface area contributed by atoms with Crippen LogP contribution in [0.25, 0.3) is 11.1 Å². The minimum atomic E-state index is -0.776. The Bertz CT molecular complexity index is 1430. The molecule has 0 fully saturated rings. The molecule has 0 aliphatic heterocycles. The highest BCUT2D eigenvalue weighted by Gasteiger charge is 2.35. The Morgan fingerprint density at radius 1 is 0.977 bits per heavy atom.